The van der Waals surface area contributed by atoms with Crippen molar-refractivity contribution in [1.82, 2.24) is 10.2 Å². The third-order valence-corrected chi connectivity index (χ3v) is 5.24. The largest absolute Gasteiger partial charge is 0.342 e. The van der Waals surface area contributed by atoms with E-state index in [1.54, 1.807) is 0 Å². The minimum atomic E-state index is 0.262. The van der Waals surface area contributed by atoms with Crippen LogP contribution in [0.1, 0.15) is 59.8 Å². The summed E-state index contributed by atoms with van der Waals surface area (Å²) in [5.41, 5.74) is 0.377. The zero-order valence-corrected chi connectivity index (χ0v) is 13.7. The Kier molecular flexibility index (Phi) is 5.11. The molecule has 2 rings (SSSR count). The molecule has 1 N–H and O–H groups in total. The number of nitrogens with one attached hydrogen (secondary N) is 1. The van der Waals surface area contributed by atoms with Crippen LogP contribution in [0.2, 0.25) is 0 Å². The zero-order valence-electron chi connectivity index (χ0n) is 13.7. The maximum atomic E-state index is 12.7. The van der Waals surface area contributed by atoms with Crippen molar-refractivity contribution in [2.45, 2.75) is 65.8 Å². The lowest BCUT2D eigenvalue weighted by Gasteiger charge is -2.32. The number of carbonyl (C=O) groups excluding carboxylic acids is 1. The number of likely N-dealkylation sites (tertiary alicyclic amines) is 1. The van der Waals surface area contributed by atoms with Crippen molar-refractivity contribution in [3.05, 3.63) is 0 Å². The molecule has 2 aliphatic heterocycles. The minimum Gasteiger partial charge on any atom is -0.342 e. The van der Waals surface area contributed by atoms with E-state index in [-0.39, 0.29) is 5.92 Å². The van der Waals surface area contributed by atoms with Crippen molar-refractivity contribution in [2.75, 3.05) is 19.6 Å². The molecule has 0 aliphatic carbocycles. The Hall–Kier alpha value is -0.570. The fraction of sp³-hybridized carbons (Fsp3) is 0.941. The molecule has 3 nitrogen and oxygen atoms in total. The van der Waals surface area contributed by atoms with E-state index in [9.17, 15) is 4.79 Å². The van der Waals surface area contributed by atoms with Crippen LogP contribution in [0.3, 0.4) is 0 Å². The topological polar surface area (TPSA) is 32.3 Å². The Labute approximate surface area is 124 Å². The van der Waals surface area contributed by atoms with E-state index in [0.717, 1.165) is 38.4 Å². The van der Waals surface area contributed by atoms with Crippen molar-refractivity contribution >= 4 is 5.91 Å². The SMILES string of the molecule is CC1CC(C(=O)N2CCCC(C(C)(C)C)CC2)CCN1. The van der Waals surface area contributed by atoms with Crippen LogP contribution in [0.15, 0.2) is 0 Å². The summed E-state index contributed by atoms with van der Waals surface area (Å²) in [6.45, 7) is 12.1. The maximum Gasteiger partial charge on any atom is 0.225 e. The number of nitrogens with zero attached hydrogens (tertiary/aromatic N) is 1. The van der Waals surface area contributed by atoms with Crippen LogP contribution in [0, 0.1) is 17.3 Å². The highest BCUT2D eigenvalue weighted by molar-refractivity contribution is 5.79. The van der Waals surface area contributed by atoms with Crippen molar-refractivity contribution in [3.63, 3.8) is 0 Å². The molecule has 0 aromatic carbocycles. The van der Waals surface area contributed by atoms with Gasteiger partial charge in [-0.2, -0.15) is 0 Å². The summed E-state index contributed by atoms with van der Waals surface area (Å²) >= 11 is 0. The van der Waals surface area contributed by atoms with Crippen molar-refractivity contribution in [2.24, 2.45) is 17.3 Å². The van der Waals surface area contributed by atoms with Gasteiger partial charge in [-0.05, 0) is 56.9 Å². The van der Waals surface area contributed by atoms with E-state index in [1.807, 2.05) is 0 Å². The Morgan fingerprint density at radius 3 is 2.55 bits per heavy atom. The number of piperidine rings is 1. The molecule has 0 radical (unpaired) electrons. The van der Waals surface area contributed by atoms with E-state index in [0.29, 0.717) is 17.4 Å². The number of hydrogen-bond acceptors (Lipinski definition) is 2. The molecule has 20 heavy (non-hydrogen) atoms. The Balaban J connectivity index is 1.91. The summed E-state index contributed by atoms with van der Waals surface area (Å²) < 4.78 is 0. The number of amides is 1. The van der Waals surface area contributed by atoms with Crippen LogP contribution < -0.4 is 5.32 Å². The second-order valence-corrected chi connectivity index (χ2v) is 7.90. The minimum absolute atomic E-state index is 0.262. The molecule has 3 unspecified atom stereocenters. The lowest BCUT2D eigenvalue weighted by atomic mass is 9.77. The van der Waals surface area contributed by atoms with Crippen LogP contribution in [0.5, 0.6) is 0 Å². The third-order valence-electron chi connectivity index (χ3n) is 5.24. The predicted octanol–water partition coefficient (Wildman–Crippen LogP) is 3.05. The van der Waals surface area contributed by atoms with E-state index in [1.165, 1.54) is 19.3 Å². The lowest BCUT2D eigenvalue weighted by molar-refractivity contribution is -0.136. The van der Waals surface area contributed by atoms with Gasteiger partial charge >= 0.3 is 0 Å². The van der Waals surface area contributed by atoms with E-state index in [2.05, 4.69) is 37.9 Å². The Bertz CT molecular complexity index is 334. The maximum absolute atomic E-state index is 12.7. The van der Waals surface area contributed by atoms with Gasteiger partial charge in [0.2, 0.25) is 5.91 Å². The van der Waals surface area contributed by atoms with Gasteiger partial charge in [-0.25, -0.2) is 0 Å². The van der Waals surface area contributed by atoms with Crippen molar-refractivity contribution < 1.29 is 4.79 Å². The molecule has 0 aromatic heterocycles. The predicted molar refractivity (Wildman–Crippen MR) is 83.6 cm³/mol. The molecule has 116 valence electrons. The van der Waals surface area contributed by atoms with Gasteiger partial charge in [0.05, 0.1) is 0 Å². The summed E-state index contributed by atoms with van der Waals surface area (Å²) in [6.07, 6.45) is 5.65. The highest BCUT2D eigenvalue weighted by Crippen LogP contribution is 2.34. The van der Waals surface area contributed by atoms with Gasteiger partial charge in [0.25, 0.3) is 0 Å². The highest BCUT2D eigenvalue weighted by Gasteiger charge is 2.32. The molecule has 1 amide bonds. The molecule has 0 bridgehead atoms. The summed E-state index contributed by atoms with van der Waals surface area (Å²) in [7, 11) is 0. The van der Waals surface area contributed by atoms with Gasteiger partial charge < -0.3 is 10.2 Å². The van der Waals surface area contributed by atoms with Gasteiger partial charge in [-0.1, -0.05) is 20.8 Å². The first kappa shape index (κ1) is 15.8. The van der Waals surface area contributed by atoms with Crippen LogP contribution in [-0.2, 0) is 4.79 Å². The fourth-order valence-electron chi connectivity index (χ4n) is 3.80. The van der Waals surface area contributed by atoms with Gasteiger partial charge in [-0.15, -0.1) is 0 Å². The van der Waals surface area contributed by atoms with Crippen LogP contribution in [0.4, 0.5) is 0 Å². The van der Waals surface area contributed by atoms with Gasteiger partial charge in [0, 0.05) is 25.0 Å². The van der Waals surface area contributed by atoms with Crippen molar-refractivity contribution in [3.8, 4) is 0 Å². The van der Waals surface area contributed by atoms with E-state index in [4.69, 9.17) is 0 Å². The Morgan fingerprint density at radius 1 is 1.15 bits per heavy atom. The van der Waals surface area contributed by atoms with E-state index < -0.39 is 0 Å². The summed E-state index contributed by atoms with van der Waals surface area (Å²) in [5, 5.41) is 3.44. The van der Waals surface area contributed by atoms with Crippen LogP contribution in [0.25, 0.3) is 0 Å². The third kappa shape index (κ3) is 3.97. The van der Waals surface area contributed by atoms with Crippen LogP contribution in [-0.4, -0.2) is 36.5 Å². The second kappa shape index (κ2) is 6.46. The number of hydrogen-bond donors (Lipinski definition) is 1. The molecule has 3 atom stereocenters. The molecule has 0 saturated carbocycles. The quantitative estimate of drug-likeness (QED) is 0.800. The standard InChI is InChI=1S/C17H32N2O/c1-13-12-14(7-9-18-13)16(20)19-10-5-6-15(8-11-19)17(2,3)4/h13-15,18H,5-12H2,1-4H3. The summed E-state index contributed by atoms with van der Waals surface area (Å²) in [5.74, 6) is 1.44. The van der Waals surface area contributed by atoms with Gasteiger partial charge in [0.15, 0.2) is 0 Å². The first-order valence-electron chi connectivity index (χ1n) is 8.40. The molecule has 2 heterocycles. The average Bonchev–Trinajstić information content (AvgIpc) is 2.63. The summed E-state index contributed by atoms with van der Waals surface area (Å²) in [4.78, 5) is 14.9. The first-order chi connectivity index (χ1) is 9.38. The van der Waals surface area contributed by atoms with Gasteiger partial charge in [-0.3, -0.25) is 4.79 Å². The number of carbonyl (C=O) groups is 1. The lowest BCUT2D eigenvalue weighted by Crippen LogP contribution is -2.44. The zero-order chi connectivity index (χ0) is 14.8. The second-order valence-electron chi connectivity index (χ2n) is 7.90. The van der Waals surface area contributed by atoms with Crippen LogP contribution >= 0.6 is 0 Å². The smallest absolute Gasteiger partial charge is 0.225 e. The van der Waals surface area contributed by atoms with Crippen molar-refractivity contribution in [1.29, 1.82) is 0 Å². The monoisotopic (exact) mass is 280 g/mol. The summed E-state index contributed by atoms with van der Waals surface area (Å²) in [6, 6.07) is 0.493. The highest BCUT2D eigenvalue weighted by atomic mass is 16.2. The first-order valence-corrected chi connectivity index (χ1v) is 8.40. The molecule has 0 spiro atoms. The molecule has 0 aromatic rings. The number of rotatable bonds is 1. The molecule has 2 fully saturated rings. The average molecular weight is 280 g/mol. The normalized spacial score (nSPS) is 32.8. The van der Waals surface area contributed by atoms with E-state index >= 15 is 0 Å². The fourth-order valence-corrected chi connectivity index (χ4v) is 3.80. The van der Waals surface area contributed by atoms with Gasteiger partial charge in [0.1, 0.15) is 0 Å². The molecule has 2 saturated heterocycles. The molecular weight excluding hydrogens is 248 g/mol. The Morgan fingerprint density at radius 2 is 1.90 bits per heavy atom. The molecule has 3 heteroatoms. The molecular formula is C17H32N2O. The molecule has 2 aliphatic rings.